The second kappa shape index (κ2) is 13.6. The van der Waals surface area contributed by atoms with Crippen molar-refractivity contribution in [3.05, 3.63) is 109 Å². The van der Waals surface area contributed by atoms with Crippen LogP contribution in [0.3, 0.4) is 0 Å². The molecule has 1 fully saturated rings. The number of nitrogens with one attached hydrogen (secondary N) is 1. The Morgan fingerprint density at radius 3 is 2.45 bits per heavy atom. The van der Waals surface area contributed by atoms with Gasteiger partial charge in [-0.25, -0.2) is 15.0 Å². The molecule has 3 aromatic heterocycles. The van der Waals surface area contributed by atoms with E-state index < -0.39 is 0 Å². The minimum atomic E-state index is -0.264. The molecule has 6 rings (SSSR count). The highest BCUT2D eigenvalue weighted by Gasteiger charge is 2.17. The zero-order valence-electron chi connectivity index (χ0n) is 24.1. The number of methoxy groups -OCH3 is 1. The summed E-state index contributed by atoms with van der Waals surface area (Å²) < 4.78 is 11.2. The Hall–Kier alpha value is -5.59. The summed E-state index contributed by atoms with van der Waals surface area (Å²) in [5.41, 5.74) is 4.76. The molecule has 3 heterocycles. The highest BCUT2D eigenvalue weighted by molar-refractivity contribution is 5.89. The number of hydrogen-bond donors (Lipinski definition) is 2. The van der Waals surface area contributed by atoms with E-state index in [1.165, 1.54) is 0 Å². The maximum atomic E-state index is 9.90. The summed E-state index contributed by atoms with van der Waals surface area (Å²) in [7, 11) is 1.62. The van der Waals surface area contributed by atoms with E-state index in [0.29, 0.717) is 41.8 Å². The zero-order valence-corrected chi connectivity index (χ0v) is 24.1. The van der Waals surface area contributed by atoms with Crippen molar-refractivity contribution in [1.29, 1.82) is 0 Å². The fraction of sp³-hybridized carbons (Fsp3) is 0.171. The van der Waals surface area contributed by atoms with Gasteiger partial charge in [0.05, 0.1) is 24.5 Å². The third-order valence-corrected chi connectivity index (χ3v) is 6.99. The van der Waals surface area contributed by atoms with Crippen molar-refractivity contribution in [2.75, 3.05) is 12.4 Å². The molecule has 0 bridgehead atoms. The third-order valence-electron chi connectivity index (χ3n) is 6.99. The number of aromatic nitrogens is 4. The number of aliphatic hydroxyl groups excluding tert-OH is 1. The molecule has 0 aliphatic heterocycles. The van der Waals surface area contributed by atoms with Crippen LogP contribution in [0.5, 0.6) is 17.2 Å². The summed E-state index contributed by atoms with van der Waals surface area (Å²) in [6.45, 7) is 0. The molecule has 9 nitrogen and oxygen atoms in total. The molecular formula is C35H30N6O3. The van der Waals surface area contributed by atoms with Crippen LogP contribution in [0.1, 0.15) is 36.9 Å². The average molecular weight is 583 g/mol. The van der Waals surface area contributed by atoms with Gasteiger partial charge in [-0.15, -0.1) is 0 Å². The number of nitrogens with zero attached hydrogens (tertiary/aromatic N) is 5. The first-order chi connectivity index (χ1) is 21.6. The zero-order chi connectivity index (χ0) is 30.1. The number of benzene rings is 2. The molecule has 1 saturated carbocycles. The molecule has 0 radical (unpaired) electrons. The first kappa shape index (κ1) is 28.5. The Morgan fingerprint density at radius 1 is 0.841 bits per heavy atom. The molecule has 9 heteroatoms. The van der Waals surface area contributed by atoms with Crippen LogP contribution in [0.2, 0.25) is 0 Å². The van der Waals surface area contributed by atoms with Gasteiger partial charge < -0.3 is 19.9 Å². The van der Waals surface area contributed by atoms with Crippen LogP contribution in [-0.2, 0) is 0 Å². The summed E-state index contributed by atoms with van der Waals surface area (Å²) >= 11 is 0. The summed E-state index contributed by atoms with van der Waals surface area (Å²) in [6, 6.07) is 24.4. The van der Waals surface area contributed by atoms with Gasteiger partial charge in [0.2, 0.25) is 5.95 Å². The van der Waals surface area contributed by atoms with Gasteiger partial charge in [0, 0.05) is 47.7 Å². The van der Waals surface area contributed by atoms with Gasteiger partial charge >= 0.3 is 0 Å². The van der Waals surface area contributed by atoms with Gasteiger partial charge in [0.25, 0.3) is 0 Å². The average Bonchev–Trinajstić information content (AvgIpc) is 3.06. The Balaban J connectivity index is 1.16. The van der Waals surface area contributed by atoms with Crippen molar-refractivity contribution < 1.29 is 14.6 Å². The van der Waals surface area contributed by atoms with E-state index in [9.17, 15) is 5.11 Å². The molecule has 218 valence electrons. The standard InChI is InChI=1S/C35H30N6O3/c1-43-29-5-4-6-30(22-29)44-31-18-20-36-27(21-31)13-10-24-8-11-26(12-9-24)40-35-38-23-32(33-7-2-3-19-37-33)34(41-35)39-25-14-16-28(42)17-15-25/h2-9,11-12,18-23,28,42H,14-17H2,1H3,(H,38,40,41). The summed E-state index contributed by atoms with van der Waals surface area (Å²) in [5, 5.41) is 13.2. The largest absolute Gasteiger partial charge is 0.497 e. The van der Waals surface area contributed by atoms with Crippen molar-refractivity contribution in [3.63, 3.8) is 0 Å². The maximum absolute atomic E-state index is 9.90. The topological polar surface area (TPSA) is 115 Å². The van der Waals surface area contributed by atoms with Crippen molar-refractivity contribution in [3.8, 4) is 40.3 Å². The van der Waals surface area contributed by atoms with Crippen LogP contribution in [-0.4, -0.2) is 44.0 Å². The van der Waals surface area contributed by atoms with E-state index in [2.05, 4.69) is 32.1 Å². The van der Waals surface area contributed by atoms with E-state index in [1.807, 2.05) is 66.7 Å². The molecule has 0 unspecified atom stereocenters. The second-order valence-corrected chi connectivity index (χ2v) is 10.2. The molecule has 2 N–H and O–H groups in total. The Labute approximate surface area is 255 Å². The smallest absolute Gasteiger partial charge is 0.229 e. The fourth-order valence-corrected chi connectivity index (χ4v) is 4.66. The molecule has 44 heavy (non-hydrogen) atoms. The molecule has 1 aliphatic rings. The number of rotatable bonds is 7. The van der Waals surface area contributed by atoms with E-state index in [1.54, 1.807) is 37.8 Å². The lowest BCUT2D eigenvalue weighted by Crippen LogP contribution is -2.17. The maximum Gasteiger partial charge on any atom is 0.229 e. The lowest BCUT2D eigenvalue weighted by Gasteiger charge is -2.18. The van der Waals surface area contributed by atoms with E-state index in [4.69, 9.17) is 19.5 Å². The van der Waals surface area contributed by atoms with Gasteiger partial charge in [0.1, 0.15) is 22.9 Å². The van der Waals surface area contributed by atoms with Crippen LogP contribution in [0.15, 0.2) is 102 Å². The SMILES string of the molecule is COc1cccc(Oc2ccnc(C#Cc3ccc(Nc4ncc(-c5ccccn5)c(N=C5CCC(O)CC5)n4)cc3)c2)c1. The first-order valence-electron chi connectivity index (χ1n) is 14.3. The minimum Gasteiger partial charge on any atom is -0.497 e. The lowest BCUT2D eigenvalue weighted by molar-refractivity contribution is 0.152. The monoisotopic (exact) mass is 582 g/mol. The normalized spacial score (nSPS) is 14.2. The molecule has 5 aromatic rings. The Bertz CT molecular complexity index is 1820. The van der Waals surface area contributed by atoms with E-state index in [-0.39, 0.29) is 6.10 Å². The highest BCUT2D eigenvalue weighted by Crippen LogP contribution is 2.30. The van der Waals surface area contributed by atoms with Crippen LogP contribution in [0.4, 0.5) is 17.5 Å². The van der Waals surface area contributed by atoms with Crippen molar-refractivity contribution >= 4 is 23.2 Å². The van der Waals surface area contributed by atoms with Gasteiger partial charge in [-0.2, -0.15) is 4.98 Å². The fourth-order valence-electron chi connectivity index (χ4n) is 4.66. The summed E-state index contributed by atoms with van der Waals surface area (Å²) in [5.74, 6) is 9.26. The number of aliphatic hydroxyl groups is 1. The van der Waals surface area contributed by atoms with Gasteiger partial charge in [-0.1, -0.05) is 18.1 Å². The molecule has 0 saturated heterocycles. The van der Waals surface area contributed by atoms with Crippen LogP contribution >= 0.6 is 0 Å². The van der Waals surface area contributed by atoms with Gasteiger partial charge in [0.15, 0.2) is 5.82 Å². The molecule has 2 aromatic carbocycles. The molecule has 0 atom stereocenters. The van der Waals surface area contributed by atoms with E-state index >= 15 is 0 Å². The lowest BCUT2D eigenvalue weighted by atomic mass is 9.96. The molecular weight excluding hydrogens is 552 g/mol. The second-order valence-electron chi connectivity index (χ2n) is 10.2. The molecule has 1 aliphatic carbocycles. The number of aliphatic imine (C=N–C) groups is 1. The summed E-state index contributed by atoms with van der Waals surface area (Å²) in [6.07, 6.45) is 7.79. The van der Waals surface area contributed by atoms with Gasteiger partial charge in [-0.3, -0.25) is 4.98 Å². The predicted octanol–water partition coefficient (Wildman–Crippen LogP) is 6.89. The van der Waals surface area contributed by atoms with Crippen LogP contribution in [0, 0.1) is 11.8 Å². The quantitative estimate of drug-likeness (QED) is 0.200. The highest BCUT2D eigenvalue weighted by atomic mass is 16.5. The van der Waals surface area contributed by atoms with Crippen LogP contribution < -0.4 is 14.8 Å². The van der Waals surface area contributed by atoms with E-state index in [0.717, 1.165) is 46.8 Å². The van der Waals surface area contributed by atoms with Crippen molar-refractivity contribution in [1.82, 2.24) is 19.9 Å². The van der Waals surface area contributed by atoms with Crippen LogP contribution in [0.25, 0.3) is 11.3 Å². The number of anilines is 2. The third kappa shape index (κ3) is 7.43. The molecule has 0 spiro atoms. The minimum absolute atomic E-state index is 0.264. The number of ether oxygens (including phenoxy) is 2. The van der Waals surface area contributed by atoms with Gasteiger partial charge in [-0.05, 0) is 86.2 Å². The Kier molecular flexibility index (Phi) is 8.81. The number of pyridine rings is 2. The van der Waals surface area contributed by atoms with Crippen molar-refractivity contribution in [2.45, 2.75) is 31.8 Å². The molecule has 0 amide bonds. The predicted molar refractivity (Wildman–Crippen MR) is 170 cm³/mol. The first-order valence-corrected chi connectivity index (χ1v) is 14.3. The van der Waals surface area contributed by atoms with Crippen molar-refractivity contribution in [2.24, 2.45) is 4.99 Å². The number of hydrogen-bond acceptors (Lipinski definition) is 9. The Morgan fingerprint density at radius 2 is 1.66 bits per heavy atom. The summed E-state index contributed by atoms with van der Waals surface area (Å²) in [4.78, 5) is 23.0.